The smallest absolute Gasteiger partial charge is 0.152 e. The largest absolute Gasteiger partial charge is 0.298 e. The highest BCUT2D eigenvalue weighted by Gasteiger charge is 2.13. The molecule has 1 atom stereocenters. The average molecular weight is 276 g/mol. The summed E-state index contributed by atoms with van der Waals surface area (Å²) in [5.41, 5.74) is 3.26. The monoisotopic (exact) mass is 274 g/mol. The first-order chi connectivity index (χ1) is 6.56. The third kappa shape index (κ3) is 2.58. The summed E-state index contributed by atoms with van der Waals surface area (Å²) in [5.74, 6) is -0.0161. The van der Waals surface area contributed by atoms with Crippen molar-refractivity contribution in [2.75, 3.05) is 0 Å². The summed E-state index contributed by atoms with van der Waals surface area (Å²) in [6, 6.07) is 5.87. The van der Waals surface area contributed by atoms with Gasteiger partial charge in [0.25, 0.3) is 0 Å². The zero-order valence-corrected chi connectivity index (χ0v) is 10.5. The molecular weight excluding hydrogens is 263 g/mol. The number of alkyl halides is 2. The molecule has 76 valence electrons. The van der Waals surface area contributed by atoms with E-state index in [1.165, 1.54) is 12.5 Å². The minimum Gasteiger partial charge on any atom is -0.298 e. The van der Waals surface area contributed by atoms with E-state index in [0.29, 0.717) is 0 Å². The Morgan fingerprint density at radius 1 is 1.57 bits per heavy atom. The molecule has 0 aliphatic rings. The van der Waals surface area contributed by atoms with Crippen LogP contribution < -0.4 is 0 Å². The third-order valence-electron chi connectivity index (χ3n) is 2.16. The summed E-state index contributed by atoms with van der Waals surface area (Å²) in [6.45, 7) is 3.52. The molecule has 0 heterocycles. The van der Waals surface area contributed by atoms with Gasteiger partial charge in [-0.3, -0.25) is 4.79 Å². The Kier molecular flexibility index (Phi) is 4.14. The molecule has 0 bridgehead atoms. The molecule has 1 aromatic carbocycles. The van der Waals surface area contributed by atoms with Crippen LogP contribution in [-0.4, -0.2) is 5.78 Å². The maximum atomic E-state index is 11.1. The molecule has 1 nitrogen and oxygen atoms in total. The molecule has 14 heavy (non-hydrogen) atoms. The van der Waals surface area contributed by atoms with Crippen LogP contribution in [0.4, 0.5) is 0 Å². The molecular formula is C11H12BrClO. The van der Waals surface area contributed by atoms with Crippen molar-refractivity contribution < 1.29 is 4.79 Å². The van der Waals surface area contributed by atoms with Crippen LogP contribution in [0.25, 0.3) is 0 Å². The van der Waals surface area contributed by atoms with Gasteiger partial charge in [-0.25, -0.2) is 0 Å². The van der Waals surface area contributed by atoms with Crippen molar-refractivity contribution in [3.63, 3.8) is 0 Å². The number of benzene rings is 1. The van der Waals surface area contributed by atoms with Gasteiger partial charge in [-0.1, -0.05) is 34.1 Å². The van der Waals surface area contributed by atoms with Crippen LogP contribution in [0.15, 0.2) is 18.2 Å². The Bertz CT molecular complexity index is 349. The third-order valence-corrected chi connectivity index (χ3v) is 3.32. The lowest BCUT2D eigenvalue weighted by molar-refractivity contribution is -0.116. The highest BCUT2D eigenvalue weighted by molar-refractivity contribution is 9.08. The van der Waals surface area contributed by atoms with Gasteiger partial charge in [0.15, 0.2) is 5.78 Å². The predicted octanol–water partition coefficient (Wildman–Crippen LogP) is 3.76. The highest BCUT2D eigenvalue weighted by Crippen LogP contribution is 2.24. The molecule has 0 saturated carbocycles. The van der Waals surface area contributed by atoms with Crippen molar-refractivity contribution in [3.8, 4) is 0 Å². The summed E-state index contributed by atoms with van der Waals surface area (Å²) >= 11 is 9.35. The summed E-state index contributed by atoms with van der Waals surface area (Å²) in [5, 5.41) is 0.310. The van der Waals surface area contributed by atoms with E-state index in [2.05, 4.69) is 15.9 Å². The highest BCUT2D eigenvalue weighted by atomic mass is 79.9. The zero-order chi connectivity index (χ0) is 10.7. The summed E-state index contributed by atoms with van der Waals surface area (Å²) in [6.07, 6.45) is 0. The Balaban J connectivity index is 3.02. The van der Waals surface area contributed by atoms with Crippen LogP contribution in [-0.2, 0) is 10.1 Å². The lowest BCUT2D eigenvalue weighted by Crippen LogP contribution is -2.02. The summed E-state index contributed by atoms with van der Waals surface area (Å²) in [7, 11) is 0. The van der Waals surface area contributed by atoms with Gasteiger partial charge in [0.05, 0.1) is 0 Å². The topological polar surface area (TPSA) is 17.1 Å². The molecule has 0 saturated heterocycles. The van der Waals surface area contributed by atoms with E-state index < -0.39 is 5.38 Å². The molecule has 1 aromatic rings. The van der Waals surface area contributed by atoms with Crippen molar-refractivity contribution in [1.82, 2.24) is 0 Å². The van der Waals surface area contributed by atoms with E-state index in [4.69, 9.17) is 11.6 Å². The van der Waals surface area contributed by atoms with Crippen LogP contribution in [0.3, 0.4) is 0 Å². The second-order valence-corrected chi connectivity index (χ2v) is 4.29. The number of rotatable bonds is 3. The Morgan fingerprint density at radius 2 is 2.21 bits per heavy atom. The first-order valence-corrected chi connectivity index (χ1v) is 5.92. The minimum absolute atomic E-state index is 0.0161. The van der Waals surface area contributed by atoms with E-state index >= 15 is 0 Å². The van der Waals surface area contributed by atoms with Crippen molar-refractivity contribution >= 4 is 33.3 Å². The van der Waals surface area contributed by atoms with E-state index in [1.807, 2.05) is 25.1 Å². The van der Waals surface area contributed by atoms with Gasteiger partial charge in [-0.05, 0) is 30.5 Å². The van der Waals surface area contributed by atoms with Crippen molar-refractivity contribution in [2.24, 2.45) is 0 Å². The predicted molar refractivity (Wildman–Crippen MR) is 63.1 cm³/mol. The number of halogens is 2. The van der Waals surface area contributed by atoms with Gasteiger partial charge in [-0.15, -0.1) is 11.6 Å². The Labute approximate surface area is 97.6 Å². The van der Waals surface area contributed by atoms with E-state index in [1.54, 1.807) is 0 Å². The van der Waals surface area contributed by atoms with E-state index in [9.17, 15) is 4.79 Å². The number of aryl methyl sites for hydroxylation is 1. The van der Waals surface area contributed by atoms with E-state index in [0.717, 1.165) is 16.5 Å². The molecule has 0 aromatic heterocycles. The molecule has 0 aliphatic carbocycles. The fourth-order valence-corrected chi connectivity index (χ4v) is 2.03. The number of carbonyl (C=O) groups is 1. The molecule has 0 amide bonds. The normalized spacial score (nSPS) is 12.6. The van der Waals surface area contributed by atoms with Crippen LogP contribution in [0.5, 0.6) is 0 Å². The second kappa shape index (κ2) is 4.94. The van der Waals surface area contributed by atoms with Crippen LogP contribution >= 0.6 is 27.5 Å². The lowest BCUT2D eigenvalue weighted by atomic mass is 10.0. The van der Waals surface area contributed by atoms with Crippen LogP contribution in [0.2, 0.25) is 0 Å². The lowest BCUT2D eigenvalue weighted by Gasteiger charge is -2.09. The van der Waals surface area contributed by atoms with Crippen molar-refractivity contribution in [2.45, 2.75) is 24.6 Å². The van der Waals surface area contributed by atoms with Gasteiger partial charge in [0.1, 0.15) is 5.38 Å². The first kappa shape index (κ1) is 11.7. The fraction of sp³-hybridized carbons (Fsp3) is 0.364. The zero-order valence-electron chi connectivity index (χ0n) is 8.18. The SMILES string of the molecule is CC(=O)C(Cl)c1ccc(CBr)c(C)c1. The molecule has 1 unspecified atom stereocenters. The molecule has 0 aliphatic heterocycles. The van der Waals surface area contributed by atoms with Crippen LogP contribution in [0.1, 0.15) is 29.0 Å². The summed E-state index contributed by atoms with van der Waals surface area (Å²) in [4.78, 5) is 11.1. The second-order valence-electron chi connectivity index (χ2n) is 3.29. The van der Waals surface area contributed by atoms with Crippen molar-refractivity contribution in [1.29, 1.82) is 0 Å². The number of Topliss-reactive ketones (excluding diaryl/α,β-unsaturated/α-hetero) is 1. The maximum absolute atomic E-state index is 11.1. The molecule has 3 heteroatoms. The maximum Gasteiger partial charge on any atom is 0.152 e. The number of hydrogen-bond acceptors (Lipinski definition) is 1. The molecule has 0 radical (unpaired) electrons. The minimum atomic E-state index is -0.516. The average Bonchev–Trinajstić information content (AvgIpc) is 2.16. The molecule has 0 spiro atoms. The Morgan fingerprint density at radius 3 is 2.64 bits per heavy atom. The van der Waals surface area contributed by atoms with Gasteiger partial charge in [0, 0.05) is 5.33 Å². The van der Waals surface area contributed by atoms with Crippen LogP contribution in [0, 0.1) is 6.92 Å². The van der Waals surface area contributed by atoms with Crippen molar-refractivity contribution in [3.05, 3.63) is 34.9 Å². The quantitative estimate of drug-likeness (QED) is 0.768. The summed E-state index contributed by atoms with van der Waals surface area (Å²) < 4.78 is 0. The van der Waals surface area contributed by atoms with Gasteiger partial charge < -0.3 is 0 Å². The molecule has 0 N–H and O–H groups in total. The first-order valence-electron chi connectivity index (χ1n) is 4.36. The molecule has 0 fully saturated rings. The molecule has 1 rings (SSSR count). The van der Waals surface area contributed by atoms with Gasteiger partial charge in [-0.2, -0.15) is 0 Å². The number of hydrogen-bond donors (Lipinski definition) is 0. The van der Waals surface area contributed by atoms with E-state index in [-0.39, 0.29) is 5.78 Å². The number of ketones is 1. The fourth-order valence-electron chi connectivity index (χ4n) is 1.26. The number of carbonyl (C=O) groups excluding carboxylic acids is 1. The Hall–Kier alpha value is -0.340. The van der Waals surface area contributed by atoms with Gasteiger partial charge >= 0.3 is 0 Å². The standard InChI is InChI=1S/C11H12BrClO/c1-7-5-9(11(13)8(2)14)3-4-10(7)6-12/h3-5,11H,6H2,1-2H3. The van der Waals surface area contributed by atoms with Gasteiger partial charge in [0.2, 0.25) is 0 Å².